The molecule has 1 fully saturated rings. The topological polar surface area (TPSA) is 136 Å². The summed E-state index contributed by atoms with van der Waals surface area (Å²) in [6.45, 7) is 0.282. The number of imidazole rings is 1. The number of nitrogen functional groups attached to an aromatic ring is 1. The highest BCUT2D eigenvalue weighted by molar-refractivity contribution is 7.92. The first-order valence-corrected chi connectivity index (χ1v) is 11.4. The number of hydrogen-bond donors (Lipinski definition) is 3. The molecule has 0 spiro atoms. The summed E-state index contributed by atoms with van der Waals surface area (Å²) in [5.74, 6) is 0.0879. The average Bonchev–Trinajstić information content (AvgIpc) is 2.99. The fourth-order valence-electron chi connectivity index (χ4n) is 3.85. The van der Waals surface area contributed by atoms with E-state index in [0.717, 1.165) is 37.7 Å². The highest BCUT2D eigenvalue weighted by Crippen LogP contribution is 2.25. The van der Waals surface area contributed by atoms with Crippen LogP contribution in [0.25, 0.3) is 11.2 Å². The van der Waals surface area contributed by atoms with E-state index in [1.54, 1.807) is 0 Å². The van der Waals surface area contributed by atoms with Crippen molar-refractivity contribution in [2.75, 3.05) is 16.2 Å². The van der Waals surface area contributed by atoms with Crippen LogP contribution in [-0.2, 0) is 16.6 Å². The van der Waals surface area contributed by atoms with Gasteiger partial charge >= 0.3 is 5.69 Å². The van der Waals surface area contributed by atoms with Gasteiger partial charge in [-0.15, -0.1) is 0 Å². The van der Waals surface area contributed by atoms with E-state index in [4.69, 9.17) is 5.73 Å². The highest BCUT2D eigenvalue weighted by atomic mass is 32.2. The van der Waals surface area contributed by atoms with Crippen molar-refractivity contribution < 1.29 is 8.42 Å². The molecular weight excluding hydrogens is 392 g/mol. The summed E-state index contributed by atoms with van der Waals surface area (Å²) in [7, 11) is -3.61. The predicted molar refractivity (Wildman–Crippen MR) is 112 cm³/mol. The smallest absolute Gasteiger partial charge is 0.328 e. The van der Waals surface area contributed by atoms with Crippen molar-refractivity contribution in [3.63, 3.8) is 0 Å². The standard InChI is InChI=1S/C19H24N6O3S/c20-16-15-17(25(19(26)21-15)11-13-7-3-1-4-8-13)23-18(22-16)24-29(27,28)12-14-9-5-2-6-10-14/h1,3-4,7-8,14H,2,5-6,9-12H2,(H,21,26)(H3,20,22,23,24). The molecule has 2 aromatic heterocycles. The van der Waals surface area contributed by atoms with Crippen molar-refractivity contribution >= 4 is 33.0 Å². The molecule has 4 rings (SSSR count). The van der Waals surface area contributed by atoms with Crippen molar-refractivity contribution in [1.82, 2.24) is 19.5 Å². The lowest BCUT2D eigenvalue weighted by atomic mass is 9.91. The number of fused-ring (bicyclic) bond motifs is 1. The third-order valence-electron chi connectivity index (χ3n) is 5.26. The number of hydrogen-bond acceptors (Lipinski definition) is 6. The molecule has 9 nitrogen and oxygen atoms in total. The van der Waals surface area contributed by atoms with Gasteiger partial charge in [0.1, 0.15) is 5.52 Å². The van der Waals surface area contributed by atoms with E-state index < -0.39 is 10.0 Å². The Labute approximate surface area is 168 Å². The second-order valence-electron chi connectivity index (χ2n) is 7.52. The second-order valence-corrected chi connectivity index (χ2v) is 9.29. The first-order valence-electron chi connectivity index (χ1n) is 9.72. The summed E-state index contributed by atoms with van der Waals surface area (Å²) in [5.41, 5.74) is 7.05. The molecule has 0 bridgehead atoms. The first kappa shape index (κ1) is 19.4. The third-order valence-corrected chi connectivity index (χ3v) is 6.66. The molecule has 1 aliphatic carbocycles. The summed E-state index contributed by atoms with van der Waals surface area (Å²) in [6, 6.07) is 9.43. The van der Waals surface area contributed by atoms with Crippen molar-refractivity contribution in [3.8, 4) is 0 Å². The zero-order valence-corrected chi connectivity index (χ0v) is 16.8. The van der Waals surface area contributed by atoms with Crippen molar-refractivity contribution in [3.05, 3.63) is 46.4 Å². The van der Waals surface area contributed by atoms with E-state index in [9.17, 15) is 13.2 Å². The van der Waals surface area contributed by atoms with Gasteiger partial charge in [0.05, 0.1) is 12.3 Å². The molecule has 1 aliphatic rings. The molecule has 0 unspecified atom stereocenters. The molecule has 1 saturated carbocycles. The van der Waals surface area contributed by atoms with Crippen molar-refractivity contribution in [2.24, 2.45) is 5.92 Å². The molecule has 1 aromatic carbocycles. The minimum absolute atomic E-state index is 0.0225. The molecule has 3 aromatic rings. The van der Waals surface area contributed by atoms with Crippen LogP contribution < -0.4 is 16.1 Å². The van der Waals surface area contributed by atoms with Gasteiger partial charge in [-0.3, -0.25) is 9.29 Å². The molecule has 0 radical (unpaired) electrons. The Morgan fingerprint density at radius 3 is 2.59 bits per heavy atom. The summed E-state index contributed by atoms with van der Waals surface area (Å²) >= 11 is 0. The van der Waals surface area contributed by atoms with Gasteiger partial charge in [0, 0.05) is 0 Å². The fourth-order valence-corrected chi connectivity index (χ4v) is 5.26. The maximum Gasteiger partial charge on any atom is 0.328 e. The van der Waals surface area contributed by atoms with Crippen LogP contribution in [0.2, 0.25) is 0 Å². The SMILES string of the molecule is Nc1nc(NS(=O)(=O)CC2CCCCC2)nc2c1[nH]c(=O)n2Cc1ccccc1. The van der Waals surface area contributed by atoms with Crippen molar-refractivity contribution in [1.29, 1.82) is 0 Å². The summed E-state index contributed by atoms with van der Waals surface area (Å²) < 4.78 is 29.0. The van der Waals surface area contributed by atoms with E-state index in [2.05, 4.69) is 19.7 Å². The Morgan fingerprint density at radius 1 is 1.14 bits per heavy atom. The monoisotopic (exact) mass is 416 g/mol. The molecule has 154 valence electrons. The lowest BCUT2D eigenvalue weighted by molar-refractivity contribution is 0.385. The van der Waals surface area contributed by atoms with Crippen LogP contribution in [0.5, 0.6) is 0 Å². The Hall–Kier alpha value is -2.88. The summed E-state index contributed by atoms with van der Waals surface area (Å²) in [5, 5.41) is 0. The molecule has 2 heterocycles. The molecule has 4 N–H and O–H groups in total. The number of nitrogens with zero attached hydrogens (tertiary/aromatic N) is 3. The largest absolute Gasteiger partial charge is 0.382 e. The number of aromatic nitrogens is 4. The average molecular weight is 417 g/mol. The number of benzene rings is 1. The third kappa shape index (κ3) is 4.42. The Kier molecular flexibility index (Phi) is 5.27. The fraction of sp³-hybridized carbons (Fsp3) is 0.421. The molecule has 0 saturated heterocycles. The molecule has 0 atom stereocenters. The number of anilines is 2. The van der Waals surface area contributed by atoms with Gasteiger partial charge in [-0.1, -0.05) is 49.6 Å². The maximum absolute atomic E-state index is 12.6. The normalized spacial score (nSPS) is 15.6. The lowest BCUT2D eigenvalue weighted by Gasteiger charge is -2.21. The summed E-state index contributed by atoms with van der Waals surface area (Å²) in [6.07, 6.45) is 5.11. The number of nitrogens with two attached hydrogens (primary N) is 1. The van der Waals surface area contributed by atoms with Crippen LogP contribution in [0.15, 0.2) is 35.1 Å². The lowest BCUT2D eigenvalue weighted by Crippen LogP contribution is -2.25. The zero-order valence-electron chi connectivity index (χ0n) is 16.0. The zero-order chi connectivity index (χ0) is 20.4. The number of H-pyrrole nitrogens is 1. The van der Waals surface area contributed by atoms with Gasteiger partial charge in [0.25, 0.3) is 0 Å². The number of nitrogens with one attached hydrogen (secondary N) is 2. The van der Waals surface area contributed by atoms with Crippen LogP contribution in [0, 0.1) is 5.92 Å². The molecular formula is C19H24N6O3S. The first-order chi connectivity index (χ1) is 13.9. The molecule has 0 amide bonds. The number of rotatable bonds is 6. The molecule has 10 heteroatoms. The van der Waals surface area contributed by atoms with E-state index in [0.29, 0.717) is 5.52 Å². The highest BCUT2D eigenvalue weighted by Gasteiger charge is 2.23. The minimum atomic E-state index is -3.61. The summed E-state index contributed by atoms with van der Waals surface area (Å²) in [4.78, 5) is 23.4. The van der Waals surface area contributed by atoms with Gasteiger partial charge < -0.3 is 10.7 Å². The van der Waals surface area contributed by atoms with Gasteiger partial charge in [0.15, 0.2) is 11.5 Å². The Bertz CT molecular complexity index is 1160. The van der Waals surface area contributed by atoms with Crippen LogP contribution in [0.1, 0.15) is 37.7 Å². The Morgan fingerprint density at radius 2 is 1.86 bits per heavy atom. The van der Waals surface area contributed by atoms with E-state index in [1.807, 2.05) is 30.3 Å². The quantitative estimate of drug-likeness (QED) is 0.563. The number of sulfonamides is 1. The van der Waals surface area contributed by atoms with Crippen LogP contribution >= 0.6 is 0 Å². The maximum atomic E-state index is 12.6. The van der Waals surface area contributed by atoms with Gasteiger partial charge in [0.2, 0.25) is 16.0 Å². The van der Waals surface area contributed by atoms with Gasteiger partial charge in [-0.25, -0.2) is 13.2 Å². The van der Waals surface area contributed by atoms with Crippen LogP contribution in [-0.4, -0.2) is 33.7 Å². The predicted octanol–water partition coefficient (Wildman–Crippen LogP) is 2.07. The number of aromatic amines is 1. The van der Waals surface area contributed by atoms with E-state index >= 15 is 0 Å². The van der Waals surface area contributed by atoms with Crippen LogP contribution in [0.3, 0.4) is 0 Å². The van der Waals surface area contributed by atoms with Crippen molar-refractivity contribution in [2.45, 2.75) is 38.6 Å². The van der Waals surface area contributed by atoms with Gasteiger partial charge in [-0.2, -0.15) is 9.97 Å². The van der Waals surface area contributed by atoms with E-state index in [-0.39, 0.29) is 41.3 Å². The Balaban J connectivity index is 1.63. The van der Waals surface area contributed by atoms with Crippen LogP contribution in [0.4, 0.5) is 11.8 Å². The molecule has 29 heavy (non-hydrogen) atoms. The second kappa shape index (κ2) is 7.86. The van der Waals surface area contributed by atoms with Gasteiger partial charge in [-0.05, 0) is 24.3 Å². The minimum Gasteiger partial charge on any atom is -0.382 e. The molecule has 0 aliphatic heterocycles. The van der Waals surface area contributed by atoms with E-state index in [1.165, 1.54) is 4.57 Å².